The quantitative estimate of drug-likeness (QED) is 0.895. The summed E-state index contributed by atoms with van der Waals surface area (Å²) in [5.74, 6) is 0.167. The Morgan fingerprint density at radius 1 is 1.53 bits per heavy atom. The molecule has 0 aliphatic heterocycles. The van der Waals surface area contributed by atoms with Crippen LogP contribution >= 0.6 is 11.3 Å². The van der Waals surface area contributed by atoms with Crippen molar-refractivity contribution in [3.8, 4) is 0 Å². The minimum absolute atomic E-state index is 0.102. The number of rotatable bonds is 4. The molecule has 1 aliphatic carbocycles. The molecule has 0 bridgehead atoms. The predicted octanol–water partition coefficient (Wildman–Crippen LogP) is 2.65. The van der Waals surface area contributed by atoms with E-state index in [1.807, 2.05) is 0 Å². The van der Waals surface area contributed by atoms with Gasteiger partial charge >= 0.3 is 0 Å². The highest BCUT2D eigenvalue weighted by Gasteiger charge is 2.23. The van der Waals surface area contributed by atoms with Crippen molar-refractivity contribution in [2.75, 3.05) is 0 Å². The lowest BCUT2D eigenvalue weighted by atomic mass is 9.93. The number of nitrogens with zero attached hydrogens (tertiary/aromatic N) is 1. The molecule has 0 radical (unpaired) electrons. The maximum Gasteiger partial charge on any atom is 0.220 e. The van der Waals surface area contributed by atoms with Crippen LogP contribution in [0.4, 0.5) is 0 Å². The molecule has 0 atom stereocenters. The molecule has 3 nitrogen and oxygen atoms in total. The lowest BCUT2D eigenvalue weighted by Crippen LogP contribution is -2.25. The normalized spacial score (nSPS) is 15.9. The molecule has 1 fully saturated rings. The molecule has 0 unspecified atom stereocenters. The fourth-order valence-corrected chi connectivity index (χ4v) is 2.54. The van der Waals surface area contributed by atoms with Crippen LogP contribution in [0.25, 0.3) is 0 Å². The number of aromatic nitrogens is 1. The first-order chi connectivity index (χ1) is 7.95. The maximum absolute atomic E-state index is 11.5. The molecular weight excluding hydrogens is 232 g/mol. The van der Waals surface area contributed by atoms with E-state index in [2.05, 4.69) is 36.5 Å². The van der Waals surface area contributed by atoms with Crippen LogP contribution in [0.1, 0.15) is 50.7 Å². The minimum Gasteiger partial charge on any atom is -0.353 e. The van der Waals surface area contributed by atoms with Gasteiger partial charge in [0.2, 0.25) is 5.91 Å². The van der Waals surface area contributed by atoms with E-state index in [9.17, 15) is 4.79 Å². The highest BCUT2D eigenvalue weighted by atomic mass is 32.1. The standard InChI is InChI=1S/C13H20N2OS/c1-13(2,3)10-8-17-12(15-10)7-6-11(16)14-9-4-5-9/h8-9H,4-7H2,1-3H3,(H,14,16). The monoisotopic (exact) mass is 252 g/mol. The lowest BCUT2D eigenvalue weighted by molar-refractivity contribution is -0.121. The fraction of sp³-hybridized carbons (Fsp3) is 0.692. The largest absolute Gasteiger partial charge is 0.353 e. The molecule has 1 aliphatic rings. The number of hydrogen-bond acceptors (Lipinski definition) is 3. The van der Waals surface area contributed by atoms with Gasteiger partial charge in [0.1, 0.15) is 0 Å². The molecule has 0 spiro atoms. The van der Waals surface area contributed by atoms with Crippen LogP contribution in [0.5, 0.6) is 0 Å². The van der Waals surface area contributed by atoms with Gasteiger partial charge in [-0.25, -0.2) is 4.98 Å². The Hall–Kier alpha value is -0.900. The molecule has 2 rings (SSSR count). The summed E-state index contributed by atoms with van der Waals surface area (Å²) in [5, 5.41) is 6.17. The van der Waals surface area contributed by atoms with Crippen LogP contribution in [0.3, 0.4) is 0 Å². The molecule has 17 heavy (non-hydrogen) atoms. The van der Waals surface area contributed by atoms with Gasteiger partial charge in [-0.05, 0) is 12.8 Å². The maximum atomic E-state index is 11.5. The van der Waals surface area contributed by atoms with Crippen LogP contribution < -0.4 is 5.32 Å². The van der Waals surface area contributed by atoms with Crippen molar-refractivity contribution in [3.05, 3.63) is 16.1 Å². The van der Waals surface area contributed by atoms with Gasteiger partial charge in [-0.1, -0.05) is 20.8 Å². The molecule has 1 aromatic heterocycles. The Labute approximate surface area is 107 Å². The Morgan fingerprint density at radius 3 is 2.76 bits per heavy atom. The average molecular weight is 252 g/mol. The van der Waals surface area contributed by atoms with E-state index in [0.29, 0.717) is 12.5 Å². The number of nitrogens with one attached hydrogen (secondary N) is 1. The summed E-state index contributed by atoms with van der Waals surface area (Å²) in [7, 11) is 0. The third-order valence-electron chi connectivity index (χ3n) is 2.83. The third-order valence-corrected chi connectivity index (χ3v) is 3.74. The van der Waals surface area contributed by atoms with Crippen molar-refractivity contribution in [1.82, 2.24) is 10.3 Å². The molecule has 1 amide bonds. The number of amides is 1. The molecule has 1 saturated carbocycles. The second kappa shape index (κ2) is 4.77. The molecule has 1 aromatic rings. The molecular formula is C13H20N2OS. The van der Waals surface area contributed by atoms with Gasteiger partial charge in [0.15, 0.2) is 0 Å². The summed E-state index contributed by atoms with van der Waals surface area (Å²) in [6.45, 7) is 6.48. The van der Waals surface area contributed by atoms with Crippen LogP contribution in [0, 0.1) is 0 Å². The smallest absolute Gasteiger partial charge is 0.220 e. The summed E-state index contributed by atoms with van der Waals surface area (Å²) in [4.78, 5) is 16.1. The zero-order valence-corrected chi connectivity index (χ0v) is 11.6. The van der Waals surface area contributed by atoms with E-state index in [4.69, 9.17) is 0 Å². The fourth-order valence-electron chi connectivity index (χ4n) is 1.52. The topological polar surface area (TPSA) is 42.0 Å². The summed E-state index contributed by atoms with van der Waals surface area (Å²) in [6.07, 6.45) is 3.63. The van der Waals surface area contributed by atoms with E-state index < -0.39 is 0 Å². The number of aryl methyl sites for hydroxylation is 1. The van der Waals surface area contributed by atoms with Crippen LogP contribution in [0.15, 0.2) is 5.38 Å². The van der Waals surface area contributed by atoms with Crippen molar-refractivity contribution < 1.29 is 4.79 Å². The minimum atomic E-state index is 0.102. The molecule has 0 aromatic carbocycles. The van der Waals surface area contributed by atoms with E-state index in [-0.39, 0.29) is 11.3 Å². The Kier molecular flexibility index (Phi) is 3.52. The van der Waals surface area contributed by atoms with Crippen LogP contribution in [-0.4, -0.2) is 16.9 Å². The van der Waals surface area contributed by atoms with Crippen molar-refractivity contribution in [2.24, 2.45) is 0 Å². The Bertz CT molecular complexity index is 402. The van der Waals surface area contributed by atoms with Gasteiger partial charge in [0.25, 0.3) is 0 Å². The number of hydrogen-bond donors (Lipinski definition) is 1. The summed E-state index contributed by atoms with van der Waals surface area (Å²) in [6, 6.07) is 0.462. The van der Waals surface area contributed by atoms with Gasteiger partial charge in [-0.3, -0.25) is 4.79 Å². The second-order valence-electron chi connectivity index (χ2n) is 5.72. The van der Waals surface area contributed by atoms with Crippen LogP contribution in [-0.2, 0) is 16.6 Å². The first-order valence-corrected chi connectivity index (χ1v) is 7.07. The van der Waals surface area contributed by atoms with Crippen molar-refractivity contribution in [2.45, 2.75) is 57.9 Å². The molecule has 0 saturated heterocycles. The third kappa shape index (κ3) is 3.80. The van der Waals surface area contributed by atoms with Crippen molar-refractivity contribution in [1.29, 1.82) is 0 Å². The lowest BCUT2D eigenvalue weighted by Gasteiger charge is -2.14. The zero-order valence-electron chi connectivity index (χ0n) is 10.7. The molecule has 1 heterocycles. The molecule has 94 valence electrons. The highest BCUT2D eigenvalue weighted by molar-refractivity contribution is 7.09. The van der Waals surface area contributed by atoms with Crippen LogP contribution in [0.2, 0.25) is 0 Å². The van der Waals surface area contributed by atoms with Crippen molar-refractivity contribution in [3.63, 3.8) is 0 Å². The SMILES string of the molecule is CC(C)(C)c1csc(CCC(=O)NC2CC2)n1. The number of thiazole rings is 1. The molecule has 1 N–H and O–H groups in total. The van der Waals surface area contributed by atoms with Gasteiger partial charge in [0, 0.05) is 29.7 Å². The summed E-state index contributed by atoms with van der Waals surface area (Å²) >= 11 is 1.66. The van der Waals surface area contributed by atoms with Gasteiger partial charge in [-0.2, -0.15) is 0 Å². The Balaban J connectivity index is 1.82. The highest BCUT2D eigenvalue weighted by Crippen LogP contribution is 2.24. The van der Waals surface area contributed by atoms with E-state index in [0.717, 1.165) is 30.0 Å². The van der Waals surface area contributed by atoms with Crippen molar-refractivity contribution >= 4 is 17.2 Å². The predicted molar refractivity (Wildman–Crippen MR) is 70.3 cm³/mol. The Morgan fingerprint density at radius 2 is 2.24 bits per heavy atom. The van der Waals surface area contributed by atoms with E-state index in [1.165, 1.54) is 0 Å². The number of carbonyl (C=O) groups excluding carboxylic acids is 1. The summed E-state index contributed by atoms with van der Waals surface area (Å²) in [5.41, 5.74) is 1.23. The first-order valence-electron chi connectivity index (χ1n) is 6.19. The van der Waals surface area contributed by atoms with Gasteiger partial charge < -0.3 is 5.32 Å². The second-order valence-corrected chi connectivity index (χ2v) is 6.66. The first kappa shape index (κ1) is 12.6. The average Bonchev–Trinajstić information content (AvgIpc) is 2.90. The molecule has 4 heteroatoms. The summed E-state index contributed by atoms with van der Waals surface area (Å²) < 4.78 is 0. The van der Waals surface area contributed by atoms with E-state index in [1.54, 1.807) is 11.3 Å². The van der Waals surface area contributed by atoms with Gasteiger partial charge in [0.05, 0.1) is 10.7 Å². The zero-order chi connectivity index (χ0) is 12.5. The van der Waals surface area contributed by atoms with E-state index >= 15 is 0 Å². The van der Waals surface area contributed by atoms with Gasteiger partial charge in [-0.15, -0.1) is 11.3 Å². The number of carbonyl (C=O) groups is 1.